The lowest BCUT2D eigenvalue weighted by atomic mass is 10.1. The largest absolute Gasteiger partial charge is 0.339 e. The summed E-state index contributed by atoms with van der Waals surface area (Å²) in [6, 6.07) is 20.6. The summed E-state index contributed by atoms with van der Waals surface area (Å²) in [4.78, 5) is 33.2. The number of piperazine rings is 1. The molecular formula is C26H28N6O. The van der Waals surface area contributed by atoms with E-state index in [2.05, 4.69) is 63.1 Å². The lowest BCUT2D eigenvalue weighted by Crippen LogP contribution is -2.50. The average molecular weight is 441 g/mol. The normalized spacial score (nSPS) is 18.4. The van der Waals surface area contributed by atoms with Crippen LogP contribution in [0.2, 0.25) is 0 Å². The Bertz CT molecular complexity index is 1110. The van der Waals surface area contributed by atoms with Crippen LogP contribution in [0.5, 0.6) is 0 Å². The van der Waals surface area contributed by atoms with E-state index in [0.717, 1.165) is 37.1 Å². The van der Waals surface area contributed by atoms with Gasteiger partial charge in [-0.3, -0.25) is 9.79 Å². The number of hydrogen-bond acceptors (Lipinski definition) is 6. The molecule has 7 nitrogen and oxygen atoms in total. The minimum Gasteiger partial charge on any atom is -0.339 e. The van der Waals surface area contributed by atoms with E-state index in [4.69, 9.17) is 4.99 Å². The molecule has 1 atom stereocenters. The van der Waals surface area contributed by atoms with Crippen molar-refractivity contribution in [1.29, 1.82) is 0 Å². The highest BCUT2D eigenvalue weighted by atomic mass is 16.2. The molecule has 1 fully saturated rings. The molecule has 0 radical (unpaired) electrons. The molecular weight excluding hydrogens is 412 g/mol. The van der Waals surface area contributed by atoms with Crippen molar-refractivity contribution in [3.8, 4) is 0 Å². The Morgan fingerprint density at radius 3 is 2.30 bits per heavy atom. The first-order valence-electron chi connectivity index (χ1n) is 11.4. The molecule has 0 spiro atoms. The van der Waals surface area contributed by atoms with E-state index in [1.54, 1.807) is 12.4 Å². The molecule has 7 heteroatoms. The molecule has 0 aliphatic carbocycles. The van der Waals surface area contributed by atoms with Crippen LogP contribution in [0.3, 0.4) is 0 Å². The van der Waals surface area contributed by atoms with Gasteiger partial charge in [0.25, 0.3) is 0 Å². The molecule has 33 heavy (non-hydrogen) atoms. The fraction of sp³-hybridized carbons (Fsp3) is 0.308. The molecule has 2 aliphatic heterocycles. The molecule has 2 aromatic carbocycles. The number of aliphatic imine (C=N–C) groups is 1. The third-order valence-corrected chi connectivity index (χ3v) is 6.28. The Balaban J connectivity index is 1.30. The van der Waals surface area contributed by atoms with Crippen LogP contribution in [0, 0.1) is 6.92 Å². The minimum atomic E-state index is 0.0300. The van der Waals surface area contributed by atoms with Crippen LogP contribution < -0.4 is 9.80 Å². The van der Waals surface area contributed by atoms with E-state index in [1.165, 1.54) is 11.1 Å². The van der Waals surface area contributed by atoms with E-state index in [9.17, 15) is 4.79 Å². The molecule has 1 unspecified atom stereocenters. The fourth-order valence-electron chi connectivity index (χ4n) is 4.40. The molecule has 168 valence electrons. The Hall–Kier alpha value is -3.74. The topological polar surface area (TPSA) is 64.9 Å². The zero-order valence-corrected chi connectivity index (χ0v) is 18.8. The molecule has 0 saturated carbocycles. The number of rotatable bonds is 5. The summed E-state index contributed by atoms with van der Waals surface area (Å²) in [5, 5.41) is 0. The molecule has 1 aromatic heterocycles. The van der Waals surface area contributed by atoms with Gasteiger partial charge in [-0.2, -0.15) is 0 Å². The summed E-state index contributed by atoms with van der Waals surface area (Å²) >= 11 is 0. The summed E-state index contributed by atoms with van der Waals surface area (Å²) in [6.07, 6.45) is 3.81. The number of anilines is 2. The SMILES string of the molecule is Cc1ccc(N2CC(c3ccccc3)N=C2CC(=O)N2CCN(c3ncccn3)CC2)cc1. The quantitative estimate of drug-likeness (QED) is 0.608. The standard InChI is InChI=1S/C26H28N6O/c1-20-8-10-22(11-9-20)32-19-23(21-6-3-2-4-7-21)29-24(32)18-25(33)30-14-16-31(17-15-30)26-27-12-5-13-28-26/h2-13,23H,14-19H2,1H3. The number of amidine groups is 1. The van der Waals surface area contributed by atoms with Crippen LogP contribution >= 0.6 is 0 Å². The van der Waals surface area contributed by atoms with Crippen molar-refractivity contribution < 1.29 is 4.79 Å². The number of aryl methyl sites for hydroxylation is 1. The number of hydrogen-bond donors (Lipinski definition) is 0. The van der Waals surface area contributed by atoms with Crippen LogP contribution in [0.4, 0.5) is 11.6 Å². The maximum Gasteiger partial charge on any atom is 0.230 e. The van der Waals surface area contributed by atoms with Gasteiger partial charge in [-0.1, -0.05) is 48.0 Å². The number of benzene rings is 2. The molecule has 3 heterocycles. The van der Waals surface area contributed by atoms with Crippen LogP contribution in [0.1, 0.15) is 23.6 Å². The first-order valence-corrected chi connectivity index (χ1v) is 11.4. The van der Waals surface area contributed by atoms with Crippen molar-refractivity contribution in [2.24, 2.45) is 4.99 Å². The fourth-order valence-corrected chi connectivity index (χ4v) is 4.40. The maximum atomic E-state index is 13.2. The van der Waals surface area contributed by atoms with Crippen LogP contribution in [0.25, 0.3) is 0 Å². The minimum absolute atomic E-state index is 0.0300. The van der Waals surface area contributed by atoms with Crippen LogP contribution in [0.15, 0.2) is 78.0 Å². The van der Waals surface area contributed by atoms with Crippen molar-refractivity contribution in [2.75, 3.05) is 42.5 Å². The lowest BCUT2D eigenvalue weighted by molar-refractivity contribution is -0.130. The van der Waals surface area contributed by atoms with Gasteiger partial charge >= 0.3 is 0 Å². The Morgan fingerprint density at radius 2 is 1.61 bits per heavy atom. The van der Waals surface area contributed by atoms with Gasteiger partial charge in [0.05, 0.1) is 19.0 Å². The van der Waals surface area contributed by atoms with Gasteiger partial charge in [0.2, 0.25) is 11.9 Å². The first kappa shape index (κ1) is 21.1. The van der Waals surface area contributed by atoms with E-state index in [-0.39, 0.29) is 11.9 Å². The van der Waals surface area contributed by atoms with E-state index >= 15 is 0 Å². The lowest BCUT2D eigenvalue weighted by Gasteiger charge is -2.35. The summed E-state index contributed by atoms with van der Waals surface area (Å²) in [5.74, 6) is 1.68. The van der Waals surface area contributed by atoms with E-state index < -0.39 is 0 Å². The monoisotopic (exact) mass is 440 g/mol. The molecule has 1 amide bonds. The van der Waals surface area contributed by atoms with Gasteiger partial charge in [-0.25, -0.2) is 9.97 Å². The first-order chi connectivity index (χ1) is 16.2. The molecule has 3 aromatic rings. The highest BCUT2D eigenvalue weighted by Crippen LogP contribution is 2.30. The Morgan fingerprint density at radius 1 is 0.909 bits per heavy atom. The van der Waals surface area contributed by atoms with Crippen molar-refractivity contribution in [3.05, 3.63) is 84.2 Å². The van der Waals surface area contributed by atoms with Crippen LogP contribution in [-0.4, -0.2) is 59.3 Å². The van der Waals surface area contributed by atoms with Crippen molar-refractivity contribution >= 4 is 23.4 Å². The highest BCUT2D eigenvalue weighted by Gasteiger charge is 2.31. The molecule has 2 aliphatic rings. The summed E-state index contributed by atoms with van der Waals surface area (Å²) < 4.78 is 0. The van der Waals surface area contributed by atoms with Crippen LogP contribution in [-0.2, 0) is 4.79 Å². The average Bonchev–Trinajstić information content (AvgIpc) is 3.29. The maximum absolute atomic E-state index is 13.2. The van der Waals surface area contributed by atoms with Gasteiger partial charge in [-0.15, -0.1) is 0 Å². The Labute approximate surface area is 194 Å². The third-order valence-electron chi connectivity index (χ3n) is 6.28. The number of carbonyl (C=O) groups excluding carboxylic acids is 1. The smallest absolute Gasteiger partial charge is 0.230 e. The predicted molar refractivity (Wildman–Crippen MR) is 131 cm³/mol. The molecule has 1 saturated heterocycles. The number of nitrogens with zero attached hydrogens (tertiary/aromatic N) is 6. The molecule has 0 bridgehead atoms. The molecule has 0 N–H and O–H groups in total. The second-order valence-corrected chi connectivity index (χ2v) is 8.51. The van der Waals surface area contributed by atoms with E-state index in [1.807, 2.05) is 29.2 Å². The van der Waals surface area contributed by atoms with Gasteiger partial charge in [-0.05, 0) is 30.7 Å². The van der Waals surface area contributed by atoms with Gasteiger partial charge in [0.15, 0.2) is 0 Å². The van der Waals surface area contributed by atoms with Gasteiger partial charge in [0.1, 0.15) is 5.84 Å². The summed E-state index contributed by atoms with van der Waals surface area (Å²) in [7, 11) is 0. The second-order valence-electron chi connectivity index (χ2n) is 8.51. The van der Waals surface area contributed by atoms with Crippen molar-refractivity contribution in [1.82, 2.24) is 14.9 Å². The number of aromatic nitrogens is 2. The second kappa shape index (κ2) is 9.40. The predicted octanol–water partition coefficient (Wildman–Crippen LogP) is 3.48. The van der Waals surface area contributed by atoms with Gasteiger partial charge < -0.3 is 14.7 Å². The zero-order valence-electron chi connectivity index (χ0n) is 18.8. The Kier molecular flexibility index (Phi) is 6.02. The summed E-state index contributed by atoms with van der Waals surface area (Å²) in [5.41, 5.74) is 3.47. The molecule has 5 rings (SSSR count). The number of amides is 1. The highest BCUT2D eigenvalue weighted by molar-refractivity contribution is 6.09. The van der Waals surface area contributed by atoms with Crippen molar-refractivity contribution in [3.63, 3.8) is 0 Å². The summed E-state index contributed by atoms with van der Waals surface area (Å²) in [6.45, 7) is 5.62. The van der Waals surface area contributed by atoms with E-state index in [0.29, 0.717) is 19.5 Å². The third kappa shape index (κ3) is 4.72. The van der Waals surface area contributed by atoms with Crippen molar-refractivity contribution in [2.45, 2.75) is 19.4 Å². The van der Waals surface area contributed by atoms with Gasteiger partial charge in [0, 0.05) is 44.3 Å². The number of carbonyl (C=O) groups is 1. The zero-order chi connectivity index (χ0) is 22.6.